The molecule has 0 unspecified atom stereocenters. The van der Waals surface area contributed by atoms with E-state index in [1.807, 2.05) is 6.92 Å². The molecule has 0 aromatic heterocycles. The molecule has 1 saturated heterocycles. The molecule has 0 spiro atoms. The molecule has 1 heterocycles. The predicted molar refractivity (Wildman–Crippen MR) is 100 cm³/mol. The standard InChI is InChI=1S/C19H22N2O4S/c1-2-25-16-10-8-15(9-11-16)20-19(22)21-13-12-18(14-21)26(23,24)17-6-4-3-5-7-17/h3-11,18H,2,12-14H2,1H3,(H,20,22)/t18-/m1/s1. The van der Waals surface area contributed by atoms with Crippen molar-refractivity contribution in [2.45, 2.75) is 23.5 Å². The molecule has 1 atom stereocenters. The number of hydrogen-bond donors (Lipinski definition) is 1. The summed E-state index contributed by atoms with van der Waals surface area (Å²) < 4.78 is 30.7. The quantitative estimate of drug-likeness (QED) is 0.872. The van der Waals surface area contributed by atoms with E-state index in [4.69, 9.17) is 4.74 Å². The number of carbonyl (C=O) groups is 1. The highest BCUT2D eigenvalue weighted by Crippen LogP contribution is 2.24. The zero-order valence-corrected chi connectivity index (χ0v) is 15.4. The number of carbonyl (C=O) groups excluding carboxylic acids is 1. The highest BCUT2D eigenvalue weighted by molar-refractivity contribution is 7.92. The van der Waals surface area contributed by atoms with Crippen molar-refractivity contribution in [3.8, 4) is 5.75 Å². The van der Waals surface area contributed by atoms with Gasteiger partial charge >= 0.3 is 6.03 Å². The maximum Gasteiger partial charge on any atom is 0.321 e. The number of amides is 2. The number of benzene rings is 2. The summed E-state index contributed by atoms with van der Waals surface area (Å²) in [6.07, 6.45) is 0.438. The van der Waals surface area contributed by atoms with E-state index in [0.717, 1.165) is 5.75 Å². The zero-order chi connectivity index (χ0) is 18.6. The SMILES string of the molecule is CCOc1ccc(NC(=O)N2CC[C@@H](S(=O)(=O)c3ccccc3)C2)cc1. The third-order valence-corrected chi connectivity index (χ3v) is 6.55. The molecule has 2 aromatic rings. The molecular formula is C19H22N2O4S. The normalized spacial score (nSPS) is 17.1. The summed E-state index contributed by atoms with van der Waals surface area (Å²) in [5.41, 5.74) is 0.646. The van der Waals surface area contributed by atoms with Gasteiger partial charge < -0.3 is 15.0 Å². The van der Waals surface area contributed by atoms with Crippen LogP contribution in [-0.4, -0.2) is 44.3 Å². The number of hydrogen-bond acceptors (Lipinski definition) is 4. The lowest BCUT2D eigenvalue weighted by atomic mass is 10.3. The van der Waals surface area contributed by atoms with Crippen molar-refractivity contribution in [1.29, 1.82) is 0 Å². The second-order valence-electron chi connectivity index (χ2n) is 6.10. The van der Waals surface area contributed by atoms with Crippen LogP contribution in [0.3, 0.4) is 0 Å². The Bertz CT molecular complexity index is 851. The topological polar surface area (TPSA) is 75.7 Å². The molecule has 26 heavy (non-hydrogen) atoms. The molecule has 6 nitrogen and oxygen atoms in total. The molecule has 2 amide bonds. The van der Waals surface area contributed by atoms with Gasteiger partial charge in [-0.15, -0.1) is 0 Å². The van der Waals surface area contributed by atoms with Crippen molar-refractivity contribution < 1.29 is 17.9 Å². The summed E-state index contributed by atoms with van der Waals surface area (Å²) in [7, 11) is -3.43. The molecule has 1 aliphatic rings. The minimum absolute atomic E-state index is 0.195. The highest BCUT2D eigenvalue weighted by atomic mass is 32.2. The second kappa shape index (κ2) is 7.78. The maximum absolute atomic E-state index is 12.7. The average molecular weight is 374 g/mol. The molecule has 0 bridgehead atoms. The van der Waals surface area contributed by atoms with E-state index in [1.165, 1.54) is 0 Å². The Morgan fingerprint density at radius 1 is 1.15 bits per heavy atom. The zero-order valence-electron chi connectivity index (χ0n) is 14.6. The fourth-order valence-electron chi connectivity index (χ4n) is 2.97. The first-order valence-corrected chi connectivity index (χ1v) is 10.1. The van der Waals surface area contributed by atoms with E-state index >= 15 is 0 Å². The summed E-state index contributed by atoms with van der Waals surface area (Å²) in [4.78, 5) is 14.3. The number of urea groups is 1. The first-order valence-electron chi connectivity index (χ1n) is 8.58. The van der Waals surface area contributed by atoms with Crippen LogP contribution in [0.1, 0.15) is 13.3 Å². The molecule has 7 heteroatoms. The minimum Gasteiger partial charge on any atom is -0.494 e. The summed E-state index contributed by atoms with van der Waals surface area (Å²) in [6.45, 7) is 3.10. The number of nitrogens with one attached hydrogen (secondary N) is 1. The van der Waals surface area contributed by atoms with Crippen LogP contribution in [0.25, 0.3) is 0 Å². The van der Waals surface area contributed by atoms with Crippen LogP contribution < -0.4 is 10.1 Å². The fourth-order valence-corrected chi connectivity index (χ4v) is 4.69. The molecule has 0 saturated carbocycles. The van der Waals surface area contributed by atoms with Gasteiger partial charge in [-0.1, -0.05) is 18.2 Å². The number of ether oxygens (including phenoxy) is 1. The monoisotopic (exact) mass is 374 g/mol. The van der Waals surface area contributed by atoms with Crippen molar-refractivity contribution in [2.75, 3.05) is 25.0 Å². The van der Waals surface area contributed by atoms with Gasteiger partial charge in [0.2, 0.25) is 0 Å². The Labute approximate surface area is 153 Å². The van der Waals surface area contributed by atoms with E-state index in [-0.39, 0.29) is 12.6 Å². The van der Waals surface area contributed by atoms with Crippen molar-refractivity contribution in [1.82, 2.24) is 4.90 Å². The number of sulfone groups is 1. The fraction of sp³-hybridized carbons (Fsp3) is 0.316. The van der Waals surface area contributed by atoms with Gasteiger partial charge in [-0.25, -0.2) is 13.2 Å². The van der Waals surface area contributed by atoms with Crippen LogP contribution in [0, 0.1) is 0 Å². The average Bonchev–Trinajstić information content (AvgIpc) is 3.15. The Balaban J connectivity index is 1.62. The molecule has 1 fully saturated rings. The van der Waals surface area contributed by atoms with Gasteiger partial charge in [0.15, 0.2) is 9.84 Å². The van der Waals surface area contributed by atoms with Crippen molar-refractivity contribution in [2.24, 2.45) is 0 Å². The molecule has 3 rings (SSSR count). The molecular weight excluding hydrogens is 352 g/mol. The van der Waals surface area contributed by atoms with Crippen LogP contribution >= 0.6 is 0 Å². The van der Waals surface area contributed by atoms with Crippen LogP contribution in [0.4, 0.5) is 10.5 Å². The van der Waals surface area contributed by atoms with Gasteiger partial charge in [-0.3, -0.25) is 0 Å². The summed E-state index contributed by atoms with van der Waals surface area (Å²) in [5.74, 6) is 0.737. The molecule has 2 aromatic carbocycles. The lowest BCUT2D eigenvalue weighted by Gasteiger charge is -2.18. The molecule has 0 aliphatic carbocycles. The number of rotatable bonds is 5. The van der Waals surface area contributed by atoms with E-state index in [9.17, 15) is 13.2 Å². The van der Waals surface area contributed by atoms with Gasteiger partial charge in [-0.2, -0.15) is 0 Å². The van der Waals surface area contributed by atoms with Gasteiger partial charge in [-0.05, 0) is 49.7 Å². The first-order chi connectivity index (χ1) is 12.5. The number of nitrogens with zero attached hydrogens (tertiary/aromatic N) is 1. The molecule has 0 radical (unpaired) electrons. The summed E-state index contributed by atoms with van der Waals surface area (Å²) in [6, 6.07) is 15.2. The minimum atomic E-state index is -3.43. The summed E-state index contributed by atoms with van der Waals surface area (Å²) in [5, 5.41) is 2.23. The smallest absolute Gasteiger partial charge is 0.321 e. The Hall–Kier alpha value is -2.54. The molecule has 138 valence electrons. The lowest BCUT2D eigenvalue weighted by Crippen LogP contribution is -2.35. The van der Waals surface area contributed by atoms with Crippen molar-refractivity contribution in [3.63, 3.8) is 0 Å². The van der Waals surface area contributed by atoms with Crippen molar-refractivity contribution in [3.05, 3.63) is 54.6 Å². The molecule has 1 N–H and O–H groups in total. The van der Waals surface area contributed by atoms with Crippen LogP contribution in [0.15, 0.2) is 59.5 Å². The van der Waals surface area contributed by atoms with Crippen LogP contribution in [-0.2, 0) is 9.84 Å². The lowest BCUT2D eigenvalue weighted by molar-refractivity contribution is 0.222. The second-order valence-corrected chi connectivity index (χ2v) is 8.33. The molecule has 1 aliphatic heterocycles. The Morgan fingerprint density at radius 2 is 1.85 bits per heavy atom. The summed E-state index contributed by atoms with van der Waals surface area (Å²) >= 11 is 0. The highest BCUT2D eigenvalue weighted by Gasteiger charge is 2.36. The van der Waals surface area contributed by atoms with Gasteiger partial charge in [0, 0.05) is 18.8 Å². The third-order valence-electron chi connectivity index (χ3n) is 4.36. The number of likely N-dealkylation sites (tertiary alicyclic amines) is 1. The van der Waals surface area contributed by atoms with E-state index in [1.54, 1.807) is 59.5 Å². The number of anilines is 1. The largest absolute Gasteiger partial charge is 0.494 e. The Kier molecular flexibility index (Phi) is 5.46. The maximum atomic E-state index is 12.7. The van der Waals surface area contributed by atoms with Crippen LogP contribution in [0.5, 0.6) is 5.75 Å². The van der Waals surface area contributed by atoms with E-state index < -0.39 is 15.1 Å². The van der Waals surface area contributed by atoms with Gasteiger partial charge in [0.25, 0.3) is 0 Å². The first kappa shape index (κ1) is 18.3. The van der Waals surface area contributed by atoms with Gasteiger partial charge in [0.05, 0.1) is 16.8 Å². The third kappa shape index (κ3) is 3.99. The predicted octanol–water partition coefficient (Wildman–Crippen LogP) is 3.17. The van der Waals surface area contributed by atoms with Crippen molar-refractivity contribution >= 4 is 21.6 Å². The van der Waals surface area contributed by atoms with Crippen LogP contribution in [0.2, 0.25) is 0 Å². The van der Waals surface area contributed by atoms with E-state index in [0.29, 0.717) is 30.2 Å². The van der Waals surface area contributed by atoms with E-state index in [2.05, 4.69) is 5.32 Å². The van der Waals surface area contributed by atoms with Gasteiger partial charge in [0.1, 0.15) is 5.75 Å². The Morgan fingerprint density at radius 3 is 2.50 bits per heavy atom.